The Hall–Kier alpha value is -0.0800. The third-order valence-corrected chi connectivity index (χ3v) is 5.26. The first-order valence-electron chi connectivity index (χ1n) is 7.67. The third kappa shape index (κ3) is 2.85. The van der Waals surface area contributed by atoms with Crippen molar-refractivity contribution >= 4 is 0 Å². The predicted molar refractivity (Wildman–Crippen MR) is 72.1 cm³/mol. The van der Waals surface area contributed by atoms with Gasteiger partial charge in [0.1, 0.15) is 0 Å². The van der Waals surface area contributed by atoms with Crippen LogP contribution >= 0.6 is 0 Å². The second-order valence-electron chi connectivity index (χ2n) is 6.91. The van der Waals surface area contributed by atoms with Crippen molar-refractivity contribution in [1.29, 1.82) is 0 Å². The molecule has 1 N–H and O–H groups in total. The van der Waals surface area contributed by atoms with E-state index in [1.807, 2.05) is 0 Å². The van der Waals surface area contributed by atoms with E-state index in [4.69, 9.17) is 0 Å². The Bertz CT molecular complexity index is 258. The molecule has 1 atom stereocenters. The average Bonchev–Trinajstić information content (AvgIpc) is 3.17. The van der Waals surface area contributed by atoms with E-state index in [-0.39, 0.29) is 0 Å². The van der Waals surface area contributed by atoms with Crippen molar-refractivity contribution in [3.05, 3.63) is 0 Å². The molecule has 0 aromatic rings. The summed E-state index contributed by atoms with van der Waals surface area (Å²) < 4.78 is 0. The lowest BCUT2D eigenvalue weighted by Gasteiger charge is -2.42. The zero-order valence-corrected chi connectivity index (χ0v) is 11.5. The SMILES string of the molecule is CCC1(C)CN(CC(C2CC2)C2CC2)CCN1. The maximum absolute atomic E-state index is 3.70. The molecule has 0 bridgehead atoms. The average molecular weight is 236 g/mol. The zero-order chi connectivity index (χ0) is 11.9. The molecule has 98 valence electrons. The highest BCUT2D eigenvalue weighted by molar-refractivity contribution is 4.96. The van der Waals surface area contributed by atoms with E-state index in [9.17, 15) is 0 Å². The molecule has 0 aromatic carbocycles. The highest BCUT2D eigenvalue weighted by atomic mass is 15.2. The van der Waals surface area contributed by atoms with Gasteiger partial charge in [-0.2, -0.15) is 0 Å². The van der Waals surface area contributed by atoms with Crippen molar-refractivity contribution in [3.8, 4) is 0 Å². The monoisotopic (exact) mass is 236 g/mol. The molecule has 0 amide bonds. The van der Waals surface area contributed by atoms with E-state index in [0.717, 1.165) is 17.8 Å². The summed E-state index contributed by atoms with van der Waals surface area (Å²) in [6, 6.07) is 0. The van der Waals surface area contributed by atoms with E-state index in [2.05, 4.69) is 24.1 Å². The molecule has 1 unspecified atom stereocenters. The van der Waals surface area contributed by atoms with Gasteiger partial charge in [-0.1, -0.05) is 6.92 Å². The number of nitrogens with one attached hydrogen (secondary N) is 1. The van der Waals surface area contributed by atoms with Gasteiger partial charge in [-0.05, 0) is 56.8 Å². The van der Waals surface area contributed by atoms with Gasteiger partial charge in [0.25, 0.3) is 0 Å². The second-order valence-corrected chi connectivity index (χ2v) is 6.91. The van der Waals surface area contributed by atoms with Crippen LogP contribution in [0.15, 0.2) is 0 Å². The highest BCUT2D eigenvalue weighted by Gasteiger charge is 2.42. The van der Waals surface area contributed by atoms with Gasteiger partial charge < -0.3 is 5.32 Å². The summed E-state index contributed by atoms with van der Waals surface area (Å²) in [6.07, 6.45) is 7.36. The maximum atomic E-state index is 3.70. The molecule has 1 saturated heterocycles. The normalized spacial score (nSPS) is 35.5. The number of hydrogen-bond donors (Lipinski definition) is 1. The molecule has 3 rings (SSSR count). The molecule has 2 saturated carbocycles. The van der Waals surface area contributed by atoms with Gasteiger partial charge in [-0.3, -0.25) is 4.90 Å². The third-order valence-electron chi connectivity index (χ3n) is 5.26. The largest absolute Gasteiger partial charge is 0.309 e. The number of hydrogen-bond acceptors (Lipinski definition) is 2. The number of rotatable bonds is 5. The minimum atomic E-state index is 0.371. The number of piperazine rings is 1. The molecule has 0 aromatic heterocycles. The highest BCUT2D eigenvalue weighted by Crippen LogP contribution is 2.49. The first-order chi connectivity index (χ1) is 8.20. The lowest BCUT2D eigenvalue weighted by Crippen LogP contribution is -2.59. The molecular weight excluding hydrogens is 208 g/mol. The van der Waals surface area contributed by atoms with Crippen LogP contribution in [0.3, 0.4) is 0 Å². The first kappa shape index (κ1) is 12.0. The summed E-state index contributed by atoms with van der Waals surface area (Å²) in [7, 11) is 0. The Balaban J connectivity index is 1.56. The molecule has 2 nitrogen and oxygen atoms in total. The van der Waals surface area contributed by atoms with Gasteiger partial charge in [0.15, 0.2) is 0 Å². The van der Waals surface area contributed by atoms with Crippen LogP contribution in [0, 0.1) is 17.8 Å². The van der Waals surface area contributed by atoms with Crippen LogP contribution in [0.25, 0.3) is 0 Å². The minimum Gasteiger partial charge on any atom is -0.309 e. The fourth-order valence-electron chi connectivity index (χ4n) is 3.57. The summed E-state index contributed by atoms with van der Waals surface area (Å²) in [5.41, 5.74) is 0.371. The van der Waals surface area contributed by atoms with Crippen LogP contribution in [0.5, 0.6) is 0 Å². The smallest absolute Gasteiger partial charge is 0.0278 e. The summed E-state index contributed by atoms with van der Waals surface area (Å²) in [6.45, 7) is 9.82. The van der Waals surface area contributed by atoms with Crippen LogP contribution in [0.1, 0.15) is 46.0 Å². The standard InChI is InChI=1S/C15H28N2/c1-3-15(2)11-17(9-8-16-15)10-14(12-4-5-12)13-6-7-13/h12-14,16H,3-11H2,1-2H3. The fourth-order valence-corrected chi connectivity index (χ4v) is 3.57. The summed E-state index contributed by atoms with van der Waals surface area (Å²) in [4.78, 5) is 2.75. The van der Waals surface area contributed by atoms with Crippen molar-refractivity contribution in [2.24, 2.45) is 17.8 Å². The van der Waals surface area contributed by atoms with Gasteiger partial charge in [0, 0.05) is 31.7 Å². The predicted octanol–water partition coefficient (Wildman–Crippen LogP) is 2.50. The van der Waals surface area contributed by atoms with E-state index >= 15 is 0 Å². The van der Waals surface area contributed by atoms with Crippen LogP contribution in [-0.2, 0) is 0 Å². The van der Waals surface area contributed by atoms with E-state index < -0.39 is 0 Å². The van der Waals surface area contributed by atoms with Crippen molar-refractivity contribution in [1.82, 2.24) is 10.2 Å². The van der Waals surface area contributed by atoms with Crippen molar-refractivity contribution in [2.75, 3.05) is 26.2 Å². The van der Waals surface area contributed by atoms with Crippen molar-refractivity contribution in [2.45, 2.75) is 51.5 Å². The Kier molecular flexibility index (Phi) is 3.20. The van der Waals surface area contributed by atoms with Crippen molar-refractivity contribution < 1.29 is 0 Å². The van der Waals surface area contributed by atoms with Gasteiger partial charge in [0.05, 0.1) is 0 Å². The second kappa shape index (κ2) is 4.55. The Morgan fingerprint density at radius 3 is 2.41 bits per heavy atom. The molecule has 0 radical (unpaired) electrons. The summed E-state index contributed by atoms with van der Waals surface area (Å²) in [5.74, 6) is 3.25. The van der Waals surface area contributed by atoms with Gasteiger partial charge in [-0.25, -0.2) is 0 Å². The lowest BCUT2D eigenvalue weighted by atomic mass is 9.92. The van der Waals surface area contributed by atoms with E-state index in [0.29, 0.717) is 5.54 Å². The van der Waals surface area contributed by atoms with Gasteiger partial charge in [0.2, 0.25) is 0 Å². The number of nitrogens with zero attached hydrogens (tertiary/aromatic N) is 1. The first-order valence-corrected chi connectivity index (χ1v) is 7.67. The molecule has 0 spiro atoms. The summed E-state index contributed by atoms with van der Waals surface area (Å²) >= 11 is 0. The van der Waals surface area contributed by atoms with Crippen LogP contribution in [-0.4, -0.2) is 36.6 Å². The van der Waals surface area contributed by atoms with E-state index in [1.54, 1.807) is 0 Å². The fraction of sp³-hybridized carbons (Fsp3) is 1.00. The van der Waals surface area contributed by atoms with Gasteiger partial charge >= 0.3 is 0 Å². The molecule has 2 heteroatoms. The molecule has 1 aliphatic heterocycles. The topological polar surface area (TPSA) is 15.3 Å². The quantitative estimate of drug-likeness (QED) is 0.789. The van der Waals surface area contributed by atoms with Crippen LogP contribution in [0.4, 0.5) is 0 Å². The van der Waals surface area contributed by atoms with Crippen LogP contribution < -0.4 is 5.32 Å². The van der Waals surface area contributed by atoms with Crippen LogP contribution in [0.2, 0.25) is 0 Å². The molecule has 1 heterocycles. The Morgan fingerprint density at radius 2 is 1.88 bits per heavy atom. The maximum Gasteiger partial charge on any atom is 0.0278 e. The minimum absolute atomic E-state index is 0.371. The van der Waals surface area contributed by atoms with Gasteiger partial charge in [-0.15, -0.1) is 0 Å². The molecule has 3 fully saturated rings. The lowest BCUT2D eigenvalue weighted by molar-refractivity contribution is 0.112. The molecule has 2 aliphatic carbocycles. The molecule has 17 heavy (non-hydrogen) atoms. The summed E-state index contributed by atoms with van der Waals surface area (Å²) in [5, 5.41) is 3.70. The Morgan fingerprint density at radius 1 is 1.24 bits per heavy atom. The molecule has 3 aliphatic rings. The molecular formula is C15H28N2. The van der Waals surface area contributed by atoms with E-state index in [1.165, 1.54) is 58.3 Å². The zero-order valence-electron chi connectivity index (χ0n) is 11.5. The van der Waals surface area contributed by atoms with Crippen molar-refractivity contribution in [3.63, 3.8) is 0 Å². The Labute approximate surface area is 106 Å².